The zero-order chi connectivity index (χ0) is 28.8. The van der Waals surface area contributed by atoms with Crippen LogP contribution in [0.15, 0.2) is 152 Å². The Kier molecular flexibility index (Phi) is 6.16. The average Bonchev–Trinajstić information content (AvgIpc) is 3.05. The highest BCUT2D eigenvalue weighted by Gasteiger charge is 2.21. The maximum atomic E-state index is 6.24. The molecule has 0 N–H and O–H groups in total. The van der Waals surface area contributed by atoms with Crippen LogP contribution in [0.4, 0.5) is 0 Å². The zero-order valence-corrected chi connectivity index (χ0v) is 23.9. The van der Waals surface area contributed by atoms with Crippen molar-refractivity contribution in [3.05, 3.63) is 158 Å². The van der Waals surface area contributed by atoms with Gasteiger partial charge in [0.25, 0.3) is 0 Å². The van der Waals surface area contributed by atoms with E-state index in [-0.39, 0.29) is 0 Å². The summed E-state index contributed by atoms with van der Waals surface area (Å²) in [4.78, 5) is 0. The molecule has 1 heteroatoms. The lowest BCUT2D eigenvalue weighted by atomic mass is 9.83. The summed E-state index contributed by atoms with van der Waals surface area (Å²) in [7, 11) is 0. The molecule has 0 saturated heterocycles. The van der Waals surface area contributed by atoms with E-state index in [4.69, 9.17) is 4.74 Å². The lowest BCUT2D eigenvalue weighted by Gasteiger charge is -2.22. The first-order valence-corrected chi connectivity index (χ1v) is 14.9. The summed E-state index contributed by atoms with van der Waals surface area (Å²) >= 11 is 0. The van der Waals surface area contributed by atoms with Gasteiger partial charge in [0.05, 0.1) is 6.61 Å². The van der Waals surface area contributed by atoms with Gasteiger partial charge >= 0.3 is 0 Å². The van der Waals surface area contributed by atoms with Crippen molar-refractivity contribution in [2.45, 2.75) is 6.42 Å². The Morgan fingerprint density at radius 3 is 1.81 bits per heavy atom. The molecule has 0 fully saturated rings. The second-order valence-corrected chi connectivity index (χ2v) is 11.2. The Labute approximate surface area is 252 Å². The highest BCUT2D eigenvalue weighted by molar-refractivity contribution is 6.22. The second-order valence-electron chi connectivity index (χ2n) is 11.2. The van der Waals surface area contributed by atoms with Crippen molar-refractivity contribution in [3.63, 3.8) is 0 Å². The molecule has 0 amide bonds. The van der Waals surface area contributed by atoms with Gasteiger partial charge in [-0.25, -0.2) is 0 Å². The first kappa shape index (κ1) is 25.3. The van der Waals surface area contributed by atoms with E-state index in [9.17, 15) is 0 Å². The predicted molar refractivity (Wildman–Crippen MR) is 184 cm³/mol. The fourth-order valence-corrected chi connectivity index (χ4v) is 6.66. The molecule has 0 bridgehead atoms. The summed E-state index contributed by atoms with van der Waals surface area (Å²) in [5.74, 6) is 0.897. The largest absolute Gasteiger partial charge is 0.493 e. The molecule has 1 heterocycles. The molecule has 1 aliphatic rings. The van der Waals surface area contributed by atoms with Crippen molar-refractivity contribution in [3.8, 4) is 39.1 Å². The molecule has 0 unspecified atom stereocenters. The summed E-state index contributed by atoms with van der Waals surface area (Å²) in [6, 6.07) is 48.3. The van der Waals surface area contributed by atoms with Gasteiger partial charge < -0.3 is 4.74 Å². The molecule has 0 radical (unpaired) electrons. The number of rotatable bonds is 3. The van der Waals surface area contributed by atoms with Crippen molar-refractivity contribution in [1.29, 1.82) is 0 Å². The smallest absolute Gasteiger partial charge is 0.127 e. The number of ether oxygens (including phenoxy) is 1. The van der Waals surface area contributed by atoms with E-state index >= 15 is 0 Å². The van der Waals surface area contributed by atoms with Crippen molar-refractivity contribution in [2.24, 2.45) is 0 Å². The Hall–Kier alpha value is -5.40. The Balaban J connectivity index is 1.35. The molecular formula is C42H30O. The summed E-state index contributed by atoms with van der Waals surface area (Å²) < 4.78 is 6.24. The van der Waals surface area contributed by atoms with Gasteiger partial charge in [-0.2, -0.15) is 0 Å². The van der Waals surface area contributed by atoms with E-state index in [2.05, 4.69) is 152 Å². The molecule has 7 aromatic carbocycles. The van der Waals surface area contributed by atoms with Crippen molar-refractivity contribution in [2.75, 3.05) is 6.61 Å². The van der Waals surface area contributed by atoms with Crippen LogP contribution < -0.4 is 4.74 Å². The van der Waals surface area contributed by atoms with Crippen LogP contribution >= 0.6 is 0 Å². The number of benzene rings is 7. The van der Waals surface area contributed by atoms with E-state index in [0.29, 0.717) is 6.61 Å². The summed E-state index contributed by atoms with van der Waals surface area (Å²) in [6.07, 6.45) is 5.17. The Bertz CT molecular complexity index is 2160. The number of allylic oxidation sites excluding steroid dienone is 2. The van der Waals surface area contributed by atoms with Crippen LogP contribution in [0.25, 0.3) is 71.3 Å². The molecule has 1 aliphatic heterocycles. The van der Waals surface area contributed by atoms with Crippen molar-refractivity contribution in [1.82, 2.24) is 0 Å². The van der Waals surface area contributed by atoms with Crippen LogP contribution in [-0.4, -0.2) is 6.61 Å². The summed E-state index contributed by atoms with van der Waals surface area (Å²) in [5.41, 5.74) is 9.34. The highest BCUT2D eigenvalue weighted by atomic mass is 16.5. The molecule has 0 saturated carbocycles. The van der Waals surface area contributed by atoms with Crippen LogP contribution in [0.3, 0.4) is 0 Å². The van der Waals surface area contributed by atoms with Gasteiger partial charge in [0.2, 0.25) is 0 Å². The number of hydrogen-bond donors (Lipinski definition) is 0. The third-order valence-electron chi connectivity index (χ3n) is 8.67. The van der Waals surface area contributed by atoms with Gasteiger partial charge in [-0.15, -0.1) is 0 Å². The first-order chi connectivity index (χ1) is 21.3. The molecule has 1 nitrogen and oxygen atoms in total. The molecular weight excluding hydrogens is 520 g/mol. The van der Waals surface area contributed by atoms with Gasteiger partial charge in [0, 0.05) is 5.56 Å². The molecule has 0 spiro atoms. The minimum atomic E-state index is 0.663. The molecule has 0 atom stereocenters. The minimum Gasteiger partial charge on any atom is -0.493 e. The fourth-order valence-electron chi connectivity index (χ4n) is 6.66. The third kappa shape index (κ3) is 4.33. The van der Waals surface area contributed by atoms with Gasteiger partial charge in [-0.3, -0.25) is 0 Å². The fraction of sp³-hybridized carbons (Fsp3) is 0.0476. The predicted octanol–water partition coefficient (Wildman–Crippen LogP) is 11.5. The molecule has 204 valence electrons. The van der Waals surface area contributed by atoms with Crippen molar-refractivity contribution >= 4 is 37.9 Å². The van der Waals surface area contributed by atoms with Gasteiger partial charge in [0.1, 0.15) is 5.75 Å². The maximum Gasteiger partial charge on any atom is 0.127 e. The minimum absolute atomic E-state index is 0.663. The topological polar surface area (TPSA) is 9.23 Å². The summed E-state index contributed by atoms with van der Waals surface area (Å²) in [5, 5.41) is 7.44. The van der Waals surface area contributed by atoms with Crippen LogP contribution in [-0.2, 0) is 0 Å². The van der Waals surface area contributed by atoms with E-state index in [1.54, 1.807) is 0 Å². The van der Waals surface area contributed by atoms with Gasteiger partial charge in [0.15, 0.2) is 0 Å². The van der Waals surface area contributed by atoms with E-state index < -0.39 is 0 Å². The van der Waals surface area contributed by atoms with E-state index in [0.717, 1.165) is 28.9 Å². The highest BCUT2D eigenvalue weighted by Crippen LogP contribution is 2.47. The molecule has 7 aromatic rings. The van der Waals surface area contributed by atoms with Crippen molar-refractivity contribution < 1.29 is 4.74 Å². The molecule has 0 aliphatic carbocycles. The standard InChI is InChI=1S/C42H30O/c1-28-11-8-9-26-43-39-19-10-18-38(40(28)39)42-36-16-6-4-14-34(36)41(35-15-5-7-17-37(35)42)31-23-20-30(21-24-31)33-25-22-29-12-2-3-13-32(29)27-33/h2-8,10-25,27H,1,9,26H2/b11-8-. The van der Waals surface area contributed by atoms with Crippen LogP contribution in [0.1, 0.15) is 12.0 Å². The number of fused-ring (bicyclic) bond motifs is 4. The third-order valence-corrected chi connectivity index (χ3v) is 8.67. The molecule has 0 aromatic heterocycles. The van der Waals surface area contributed by atoms with Crippen LogP contribution in [0.5, 0.6) is 5.75 Å². The lowest BCUT2D eigenvalue weighted by Crippen LogP contribution is -2.03. The van der Waals surface area contributed by atoms with Crippen LogP contribution in [0.2, 0.25) is 0 Å². The lowest BCUT2D eigenvalue weighted by molar-refractivity contribution is 0.323. The maximum absolute atomic E-state index is 6.24. The van der Waals surface area contributed by atoms with E-state index in [1.807, 2.05) is 0 Å². The Morgan fingerprint density at radius 2 is 1.09 bits per heavy atom. The Morgan fingerprint density at radius 1 is 0.488 bits per heavy atom. The SMILES string of the molecule is C=C1/C=C\CCOc2cccc(-c3c4ccccc4c(-c4ccc(-c5ccc6ccccc6c5)cc4)c4ccccc34)c21. The zero-order valence-electron chi connectivity index (χ0n) is 23.9. The summed E-state index contributed by atoms with van der Waals surface area (Å²) in [6.45, 7) is 5.11. The van der Waals surface area contributed by atoms with E-state index in [1.165, 1.54) is 60.1 Å². The van der Waals surface area contributed by atoms with Crippen LogP contribution in [0, 0.1) is 0 Å². The first-order valence-electron chi connectivity index (χ1n) is 14.9. The normalized spacial score (nSPS) is 13.8. The molecule has 8 rings (SSSR count). The van der Waals surface area contributed by atoms with Gasteiger partial charge in [-0.1, -0.05) is 140 Å². The monoisotopic (exact) mass is 550 g/mol. The quantitative estimate of drug-likeness (QED) is 0.199. The second kappa shape index (κ2) is 10.5. The average molecular weight is 551 g/mol. The number of hydrogen-bond acceptors (Lipinski definition) is 1. The van der Waals surface area contributed by atoms with Gasteiger partial charge in [-0.05, 0) is 89.8 Å². The molecule has 43 heavy (non-hydrogen) atoms.